The molecule has 0 spiro atoms. The number of hydrogen-bond acceptors (Lipinski definition) is 8. The summed E-state index contributed by atoms with van der Waals surface area (Å²) in [6, 6.07) is 3.42. The summed E-state index contributed by atoms with van der Waals surface area (Å²) < 4.78 is 18.0. The molecule has 4 N–H and O–H groups in total. The number of benzene rings is 2. The zero-order chi connectivity index (χ0) is 32.9. The highest BCUT2D eigenvalue weighted by Crippen LogP contribution is 2.42. The first-order valence-corrected chi connectivity index (χ1v) is 16.5. The van der Waals surface area contributed by atoms with Gasteiger partial charge in [0.25, 0.3) is 0 Å². The lowest BCUT2D eigenvalue weighted by Gasteiger charge is -2.28. The molecule has 4 bridgehead atoms. The Balaban J connectivity index is 2.18. The maximum atomic E-state index is 13.8. The van der Waals surface area contributed by atoms with E-state index in [4.69, 9.17) is 14.2 Å². The van der Waals surface area contributed by atoms with Crippen molar-refractivity contribution in [1.29, 1.82) is 0 Å². The van der Waals surface area contributed by atoms with Gasteiger partial charge in [-0.2, -0.15) is 0 Å². The van der Waals surface area contributed by atoms with Crippen molar-refractivity contribution in [2.75, 3.05) is 7.11 Å². The number of phenolic OH excluding ortho intramolecular Hbond substituents is 1. The van der Waals surface area contributed by atoms with Crippen molar-refractivity contribution in [2.24, 2.45) is 5.92 Å². The molecule has 0 aromatic heterocycles. The van der Waals surface area contributed by atoms with E-state index in [1.54, 1.807) is 52.0 Å². The maximum absolute atomic E-state index is 13.8. The van der Waals surface area contributed by atoms with Gasteiger partial charge >= 0.3 is 12.1 Å². The Hall–Kier alpha value is -2.59. The number of nitrogens with one attached hydrogen (secondary N) is 3. The molecule has 4 rings (SSSR count). The van der Waals surface area contributed by atoms with Crippen LogP contribution in [-0.2, 0) is 36.7 Å². The van der Waals surface area contributed by atoms with Gasteiger partial charge < -0.3 is 35.3 Å². The number of hydrogen-bond donors (Lipinski definition) is 4. The van der Waals surface area contributed by atoms with Crippen molar-refractivity contribution in [3.05, 3.63) is 47.9 Å². The van der Waals surface area contributed by atoms with Gasteiger partial charge in [-0.15, -0.1) is 0 Å². The van der Waals surface area contributed by atoms with Gasteiger partial charge in [-0.1, -0.05) is 20.3 Å². The van der Waals surface area contributed by atoms with Crippen molar-refractivity contribution < 1.29 is 38.5 Å². The van der Waals surface area contributed by atoms with Crippen LogP contribution in [0.3, 0.4) is 0 Å². The van der Waals surface area contributed by atoms with E-state index >= 15 is 0 Å². The van der Waals surface area contributed by atoms with Crippen molar-refractivity contribution in [3.8, 4) is 17.2 Å². The van der Waals surface area contributed by atoms with E-state index in [-0.39, 0.29) is 30.3 Å². The molecule has 2 aliphatic rings. The third-order valence-corrected chi connectivity index (χ3v) is 8.84. The lowest BCUT2D eigenvalue weighted by Crippen LogP contribution is -2.58. The van der Waals surface area contributed by atoms with Crippen molar-refractivity contribution >= 4 is 78.3 Å². The van der Waals surface area contributed by atoms with Crippen LogP contribution in [0.25, 0.3) is 0 Å². The number of ether oxygens (including phenoxy) is 3. The third kappa shape index (κ3) is 9.46. The fourth-order valence-corrected chi connectivity index (χ4v) is 6.55. The number of rotatable bonds is 4. The highest BCUT2D eigenvalue weighted by Gasteiger charge is 2.34. The summed E-state index contributed by atoms with van der Waals surface area (Å²) in [4.78, 5) is 53.0. The molecule has 240 valence electrons. The second-order valence-corrected chi connectivity index (χ2v) is 14.3. The van der Waals surface area contributed by atoms with Crippen molar-refractivity contribution in [3.63, 3.8) is 0 Å². The summed E-state index contributed by atoms with van der Waals surface area (Å²) in [6.07, 6.45) is -0.252. The second-order valence-electron chi connectivity index (χ2n) is 11.5. The van der Waals surface area contributed by atoms with Gasteiger partial charge in [-0.25, -0.2) is 9.59 Å². The zero-order valence-corrected chi connectivity index (χ0v) is 30.5. The smallest absolute Gasteiger partial charge is 0.408 e. The lowest BCUT2D eigenvalue weighted by atomic mass is 9.96. The van der Waals surface area contributed by atoms with E-state index in [1.807, 2.05) is 29.5 Å². The fourth-order valence-electron chi connectivity index (χ4n) is 4.44. The van der Waals surface area contributed by atoms with Crippen LogP contribution in [0.5, 0.6) is 17.2 Å². The van der Waals surface area contributed by atoms with Gasteiger partial charge in [-0.3, -0.25) is 9.59 Å². The largest absolute Gasteiger partial charge is 0.504 e. The van der Waals surface area contributed by atoms with Crippen LogP contribution in [0, 0.1) is 9.49 Å². The molecule has 3 amide bonds. The Morgan fingerprint density at radius 1 is 1.09 bits per heavy atom. The van der Waals surface area contributed by atoms with E-state index in [0.717, 1.165) is 0 Å². The van der Waals surface area contributed by atoms with Gasteiger partial charge in [0.2, 0.25) is 11.8 Å². The van der Waals surface area contributed by atoms with Gasteiger partial charge in [-0.05, 0) is 117 Å². The monoisotopic (exact) mass is 851 g/mol. The highest BCUT2D eigenvalue weighted by molar-refractivity contribution is 14.1. The average molecular weight is 853 g/mol. The fraction of sp³-hybridized carbons (Fsp3) is 0.467. The first kappa shape index (κ1) is 35.9. The number of esters is 1. The molecule has 2 aromatic carbocycles. The number of amides is 3. The van der Waals surface area contributed by atoms with Crippen LogP contribution in [0.1, 0.15) is 52.2 Å². The van der Waals surface area contributed by atoms with Crippen molar-refractivity contribution in [1.82, 2.24) is 16.0 Å². The number of phenols is 1. The molecule has 11 nitrogen and oxygen atoms in total. The Morgan fingerprint density at radius 2 is 1.70 bits per heavy atom. The van der Waals surface area contributed by atoms with E-state index in [1.165, 1.54) is 7.11 Å². The summed E-state index contributed by atoms with van der Waals surface area (Å²) in [6.45, 7) is 8.77. The number of carbonyl (C=O) groups is 4. The average Bonchev–Trinajstić information content (AvgIpc) is 2.92. The van der Waals surface area contributed by atoms with E-state index in [2.05, 4.69) is 47.8 Å². The van der Waals surface area contributed by atoms with Gasteiger partial charge in [0.1, 0.15) is 23.7 Å². The summed E-state index contributed by atoms with van der Waals surface area (Å²) >= 11 is 8.98. The minimum Gasteiger partial charge on any atom is -0.504 e. The first-order chi connectivity index (χ1) is 20.5. The first-order valence-electron chi connectivity index (χ1n) is 13.9. The molecule has 4 atom stereocenters. The standard InChI is InChI=1S/C30H36Br2IN3O8/c1-7-14(2)23-27(39)34-21(28(40)42-6)12-15-8-17(31)25(18(32)9-15)43-22-13-16(10-19(33)24(22)37)11-20(26(38)36-23)35-29(41)44-30(3,4)5/h8-10,13-14,20-21,23,37H,7,11-12H2,1-6H3,(H,34,39)(H,35,41)(H,36,38)/t14-,20-,21-,23-/m0/s1. The van der Waals surface area contributed by atoms with Crippen molar-refractivity contribution in [2.45, 2.75) is 77.6 Å². The Morgan fingerprint density at radius 3 is 2.27 bits per heavy atom. The molecule has 0 unspecified atom stereocenters. The Bertz CT molecular complexity index is 1410. The maximum Gasteiger partial charge on any atom is 0.408 e. The molecule has 2 heterocycles. The zero-order valence-electron chi connectivity index (χ0n) is 25.2. The van der Waals surface area contributed by atoms with Gasteiger partial charge in [0, 0.05) is 12.8 Å². The summed E-state index contributed by atoms with van der Waals surface area (Å²) in [5.41, 5.74) is 0.390. The quantitative estimate of drug-likeness (QED) is 0.233. The number of aromatic hydroxyl groups is 1. The molecule has 0 radical (unpaired) electrons. The van der Waals surface area contributed by atoms with Gasteiger partial charge in [0.05, 0.1) is 19.6 Å². The number of halogens is 3. The topological polar surface area (TPSA) is 152 Å². The number of methoxy groups -OCH3 is 1. The number of alkyl carbamates (subject to hydrolysis) is 1. The van der Waals surface area contributed by atoms with Crippen LogP contribution in [0.15, 0.2) is 33.2 Å². The second kappa shape index (κ2) is 15.1. The van der Waals surface area contributed by atoms with Gasteiger partial charge in [0.15, 0.2) is 17.2 Å². The predicted octanol–water partition coefficient (Wildman–Crippen LogP) is 5.49. The Labute approximate surface area is 286 Å². The third-order valence-electron chi connectivity index (χ3n) is 6.84. The van der Waals surface area contributed by atoms with E-state index < -0.39 is 47.6 Å². The molecule has 2 aromatic rings. The summed E-state index contributed by atoms with van der Waals surface area (Å²) in [5, 5.41) is 19.0. The normalized spacial score (nSPS) is 20.0. The molecular weight excluding hydrogens is 817 g/mol. The highest BCUT2D eigenvalue weighted by atomic mass is 127. The lowest BCUT2D eigenvalue weighted by molar-refractivity contribution is -0.145. The number of fused-ring (bicyclic) bond motifs is 10. The molecule has 0 fully saturated rings. The molecule has 0 aliphatic carbocycles. The van der Waals surface area contributed by atoms with Crippen LogP contribution in [0.2, 0.25) is 0 Å². The predicted molar refractivity (Wildman–Crippen MR) is 179 cm³/mol. The SMILES string of the molecule is CC[C@H](C)[C@@H]1NC(=O)[C@@H](NC(=O)OC(C)(C)C)Cc2cc(I)c(O)c(c2)Oc2c(Br)cc(cc2Br)C[C@@H](C(=O)OC)NC1=O. The molecular formula is C30H36Br2IN3O8. The van der Waals surface area contributed by atoms with Crippen LogP contribution in [-0.4, -0.2) is 59.8 Å². The molecule has 14 heteroatoms. The van der Waals surface area contributed by atoms with E-state index in [9.17, 15) is 24.3 Å². The number of carbonyl (C=O) groups excluding carboxylic acids is 4. The van der Waals surface area contributed by atoms with Crippen LogP contribution < -0.4 is 20.7 Å². The molecule has 2 aliphatic heterocycles. The summed E-state index contributed by atoms with van der Waals surface area (Å²) in [5.74, 6) is -1.88. The Kier molecular flexibility index (Phi) is 12.3. The molecule has 44 heavy (non-hydrogen) atoms. The minimum atomic E-state index is -1.18. The van der Waals surface area contributed by atoms with Crippen LogP contribution in [0.4, 0.5) is 4.79 Å². The van der Waals surface area contributed by atoms with Crippen LogP contribution >= 0.6 is 54.5 Å². The molecule has 0 saturated heterocycles. The minimum absolute atomic E-state index is 0.0291. The summed E-state index contributed by atoms with van der Waals surface area (Å²) in [7, 11) is 1.22. The van der Waals surface area contributed by atoms with E-state index in [0.29, 0.717) is 35.8 Å². The molecule has 0 saturated carbocycles.